The van der Waals surface area contributed by atoms with Gasteiger partial charge in [0, 0.05) is 19.8 Å². The van der Waals surface area contributed by atoms with E-state index in [9.17, 15) is 43.2 Å². The van der Waals surface area contributed by atoms with E-state index >= 15 is 0 Å². The van der Waals surface area contributed by atoms with Gasteiger partial charge in [0.1, 0.15) is 0 Å². The molecular weight excluding hydrogens is 366 g/mol. The molecule has 1 heterocycles. The largest absolute Gasteiger partial charge is 0.503 e. The number of halogens is 6. The van der Waals surface area contributed by atoms with Crippen molar-refractivity contribution in [2.24, 2.45) is 0 Å². The van der Waals surface area contributed by atoms with Gasteiger partial charge in [-0.2, -0.15) is 26.3 Å². The molecule has 1 unspecified atom stereocenters. The molecule has 22 heavy (non-hydrogen) atoms. The molecule has 0 fully saturated rings. The maximum absolute atomic E-state index is 12.6. The van der Waals surface area contributed by atoms with Crippen molar-refractivity contribution in [3.8, 4) is 0 Å². The van der Waals surface area contributed by atoms with E-state index < -0.39 is 47.8 Å². The Bertz CT molecular complexity index is 678. The van der Waals surface area contributed by atoms with Crippen LogP contribution in [0.1, 0.15) is 6.92 Å². The van der Waals surface area contributed by atoms with Gasteiger partial charge in [-0.05, 0) is 6.92 Å². The molecule has 6 nitrogen and oxygen atoms in total. The van der Waals surface area contributed by atoms with Crippen molar-refractivity contribution in [3.63, 3.8) is 0 Å². The van der Waals surface area contributed by atoms with Gasteiger partial charge in [0.15, 0.2) is 5.03 Å². The second kappa shape index (κ2) is 5.18. The number of nitrogens with zero attached hydrogens (tertiary/aromatic N) is 2. The molecule has 0 aliphatic carbocycles. The number of sulfone groups is 2. The Kier molecular flexibility index (Phi) is 4.44. The molecule has 0 saturated heterocycles. The molecule has 14 heteroatoms. The highest BCUT2D eigenvalue weighted by Crippen LogP contribution is 2.39. The molecule has 1 aliphatic heterocycles. The average Bonchev–Trinajstić information content (AvgIpc) is 2.64. The van der Waals surface area contributed by atoms with E-state index in [0.717, 1.165) is 6.92 Å². The quantitative estimate of drug-likeness (QED) is 0.690. The van der Waals surface area contributed by atoms with Gasteiger partial charge < -0.3 is 9.80 Å². The van der Waals surface area contributed by atoms with Gasteiger partial charge in [0.2, 0.25) is 5.50 Å². The van der Waals surface area contributed by atoms with Crippen molar-refractivity contribution in [3.05, 3.63) is 11.2 Å². The molecule has 0 saturated carbocycles. The fourth-order valence-electron chi connectivity index (χ4n) is 1.76. The van der Waals surface area contributed by atoms with E-state index in [-0.39, 0.29) is 11.1 Å². The van der Waals surface area contributed by atoms with Crippen LogP contribution in [0.15, 0.2) is 11.2 Å². The predicted octanol–water partition coefficient (Wildman–Crippen LogP) is 1.21. The van der Waals surface area contributed by atoms with Gasteiger partial charge in [-0.1, -0.05) is 0 Å². The first kappa shape index (κ1) is 18.9. The van der Waals surface area contributed by atoms with E-state index in [1.807, 2.05) is 0 Å². The third-order valence-electron chi connectivity index (χ3n) is 2.78. The first-order chi connectivity index (χ1) is 9.59. The molecule has 0 bridgehead atoms. The zero-order valence-electron chi connectivity index (χ0n) is 11.0. The Labute approximate surface area is 121 Å². The lowest BCUT2D eigenvalue weighted by Gasteiger charge is -2.30. The highest BCUT2D eigenvalue weighted by atomic mass is 32.2. The summed E-state index contributed by atoms with van der Waals surface area (Å²) in [6.45, 7) is 0.702. The summed E-state index contributed by atoms with van der Waals surface area (Å²) in [6, 6.07) is 0. The molecule has 0 spiro atoms. The Morgan fingerprint density at radius 1 is 1.05 bits per heavy atom. The Morgan fingerprint density at radius 3 is 1.82 bits per heavy atom. The van der Waals surface area contributed by atoms with Crippen LogP contribution in [0.4, 0.5) is 26.3 Å². The normalized spacial score (nSPS) is 21.3. The maximum atomic E-state index is 12.6. The van der Waals surface area contributed by atoms with Crippen molar-refractivity contribution >= 4 is 19.7 Å². The molecule has 1 rings (SSSR count). The van der Waals surface area contributed by atoms with Crippen LogP contribution < -0.4 is 0 Å². The smallest absolute Gasteiger partial charge is 0.342 e. The predicted molar refractivity (Wildman–Crippen MR) is 62.0 cm³/mol. The molecule has 0 aromatic heterocycles. The maximum Gasteiger partial charge on any atom is 0.503 e. The second-order valence-electron chi connectivity index (χ2n) is 4.17. The summed E-state index contributed by atoms with van der Waals surface area (Å²) in [7, 11) is -11.4. The number of alkyl halides is 6. The summed E-state index contributed by atoms with van der Waals surface area (Å²) >= 11 is 0. The van der Waals surface area contributed by atoms with Crippen LogP contribution in [0.25, 0.3) is 0 Å². The Morgan fingerprint density at radius 2 is 1.50 bits per heavy atom. The zero-order chi connectivity index (χ0) is 17.7. The fourth-order valence-corrected chi connectivity index (χ4v) is 4.15. The van der Waals surface area contributed by atoms with Crippen molar-refractivity contribution < 1.29 is 43.2 Å². The van der Waals surface area contributed by atoms with Crippen molar-refractivity contribution in [1.29, 1.82) is 0 Å². The van der Waals surface area contributed by atoms with E-state index in [2.05, 4.69) is 0 Å². The first-order valence-corrected chi connectivity index (χ1v) is 8.44. The van der Waals surface area contributed by atoms with Crippen molar-refractivity contribution in [2.75, 3.05) is 13.6 Å². The van der Waals surface area contributed by atoms with Crippen molar-refractivity contribution in [2.45, 2.75) is 23.4 Å². The summed E-state index contributed by atoms with van der Waals surface area (Å²) in [5.74, 6) is 0. The van der Waals surface area contributed by atoms with Crippen LogP contribution in [-0.2, 0) is 19.7 Å². The van der Waals surface area contributed by atoms with Crippen LogP contribution in [0.3, 0.4) is 0 Å². The third-order valence-corrected chi connectivity index (χ3v) is 6.13. The molecule has 1 atom stereocenters. The molecule has 0 amide bonds. The first-order valence-electron chi connectivity index (χ1n) is 5.41. The SMILES string of the molecule is CCN1C=C(S(=O)(=O)C(F)(F)F)N(C)C1S(=O)(=O)C(F)(F)F. The lowest BCUT2D eigenvalue weighted by Crippen LogP contribution is -2.50. The summed E-state index contributed by atoms with van der Waals surface area (Å²) in [4.78, 5) is 0.274. The number of hydrogen-bond donors (Lipinski definition) is 0. The Balaban J connectivity index is 3.45. The van der Waals surface area contributed by atoms with E-state index in [1.54, 1.807) is 0 Å². The summed E-state index contributed by atoms with van der Waals surface area (Å²) in [6.07, 6.45) is 0.233. The number of hydrogen-bond acceptors (Lipinski definition) is 6. The third kappa shape index (κ3) is 2.73. The van der Waals surface area contributed by atoms with Crippen LogP contribution in [0, 0.1) is 0 Å². The second-order valence-corrected chi connectivity index (χ2v) is 8.04. The van der Waals surface area contributed by atoms with Crippen LogP contribution in [0.2, 0.25) is 0 Å². The topological polar surface area (TPSA) is 74.8 Å². The van der Waals surface area contributed by atoms with Gasteiger partial charge in [0.25, 0.3) is 19.7 Å². The standard InChI is InChI=1S/C8H10F6N2O4S2/c1-3-16-4-5(21(17,18)7(9,10)11)15(2)6(16)22(19,20)8(12,13)14/h4,6H,3H2,1-2H3. The monoisotopic (exact) mass is 376 g/mol. The molecule has 0 aromatic carbocycles. The number of rotatable bonds is 3. The van der Waals surface area contributed by atoms with E-state index in [4.69, 9.17) is 0 Å². The van der Waals surface area contributed by atoms with Crippen LogP contribution in [-0.4, -0.2) is 56.7 Å². The highest BCUT2D eigenvalue weighted by Gasteiger charge is 2.59. The van der Waals surface area contributed by atoms with Gasteiger partial charge in [-0.25, -0.2) is 16.8 Å². The summed E-state index contributed by atoms with van der Waals surface area (Å²) in [5, 5.41) is -1.57. The van der Waals surface area contributed by atoms with Gasteiger partial charge in [0.05, 0.1) is 0 Å². The Hall–Kier alpha value is -1.18. The molecular formula is C8H10F6N2O4S2. The molecule has 0 N–H and O–H groups in total. The lowest BCUT2D eigenvalue weighted by molar-refractivity contribution is -0.0476. The summed E-state index contributed by atoms with van der Waals surface area (Å²) < 4.78 is 121. The van der Waals surface area contributed by atoms with Crippen LogP contribution >= 0.6 is 0 Å². The molecule has 130 valence electrons. The molecule has 1 aliphatic rings. The van der Waals surface area contributed by atoms with Crippen molar-refractivity contribution in [1.82, 2.24) is 9.80 Å². The fraction of sp³-hybridized carbons (Fsp3) is 0.750. The minimum absolute atomic E-state index is 0.0743. The zero-order valence-corrected chi connectivity index (χ0v) is 12.6. The van der Waals surface area contributed by atoms with Gasteiger partial charge >= 0.3 is 11.0 Å². The average molecular weight is 376 g/mol. The highest BCUT2D eigenvalue weighted by molar-refractivity contribution is 7.96. The van der Waals surface area contributed by atoms with E-state index in [1.165, 1.54) is 0 Å². The van der Waals surface area contributed by atoms with E-state index in [0.29, 0.717) is 11.9 Å². The minimum Gasteiger partial charge on any atom is -0.342 e. The van der Waals surface area contributed by atoms with Gasteiger partial charge in [-0.15, -0.1) is 0 Å². The van der Waals surface area contributed by atoms with Crippen LogP contribution in [0.5, 0.6) is 0 Å². The minimum atomic E-state index is -5.99. The van der Waals surface area contributed by atoms with Gasteiger partial charge in [-0.3, -0.25) is 0 Å². The molecule has 0 radical (unpaired) electrons. The summed E-state index contributed by atoms with van der Waals surface area (Å²) in [5.41, 5.74) is -14.2. The lowest BCUT2D eigenvalue weighted by atomic mass is 10.6. The molecule has 0 aromatic rings.